The highest BCUT2D eigenvalue weighted by molar-refractivity contribution is 5.72. The van der Waals surface area contributed by atoms with Crippen molar-refractivity contribution in [1.29, 1.82) is 0 Å². The van der Waals surface area contributed by atoms with Gasteiger partial charge in [0, 0.05) is 12.0 Å². The Morgan fingerprint density at radius 3 is 2.44 bits per heavy atom. The lowest BCUT2D eigenvalue weighted by Gasteiger charge is -2.45. The molecule has 41 heavy (non-hydrogen) atoms. The topological polar surface area (TPSA) is 99.0 Å². The lowest BCUT2D eigenvalue weighted by atomic mass is 9.65. The van der Waals surface area contributed by atoms with E-state index in [0.717, 1.165) is 37.5 Å². The molecule has 4 N–H and O–H groups in total. The normalized spacial score (nSPS) is 33.2. The van der Waals surface area contributed by atoms with Crippen LogP contribution < -0.4 is 5.32 Å². The summed E-state index contributed by atoms with van der Waals surface area (Å²) in [7, 11) is 0. The second-order valence-corrected chi connectivity index (χ2v) is 13.9. The van der Waals surface area contributed by atoms with E-state index in [9.17, 15) is 20.3 Å². The van der Waals surface area contributed by atoms with Gasteiger partial charge in [-0.15, -0.1) is 0 Å². The van der Waals surface area contributed by atoms with Crippen LogP contribution in [0.15, 0.2) is 53.6 Å². The monoisotopic (exact) mass is 567 g/mol. The molecule has 6 nitrogen and oxygen atoms in total. The molecule has 0 amide bonds. The number of hydrogen-bond acceptors (Lipinski definition) is 6. The highest BCUT2D eigenvalue weighted by Crippen LogP contribution is 2.70. The molecule has 0 bridgehead atoms. The van der Waals surface area contributed by atoms with Crippen LogP contribution in [-0.4, -0.2) is 46.2 Å². The predicted octanol–water partition coefficient (Wildman–Crippen LogP) is 6.48. The van der Waals surface area contributed by atoms with Crippen molar-refractivity contribution in [3.8, 4) is 0 Å². The maximum Gasteiger partial charge on any atom is 0.145 e. The summed E-state index contributed by atoms with van der Waals surface area (Å²) in [6.45, 7) is 8.18. The number of hydrogen-bond donors (Lipinski definition) is 4. The van der Waals surface area contributed by atoms with Crippen LogP contribution in [0.4, 0.5) is 0 Å². The van der Waals surface area contributed by atoms with Gasteiger partial charge in [-0.3, -0.25) is 15.4 Å². The number of allylic oxidation sites excluding steroid dienone is 2. The van der Waals surface area contributed by atoms with Gasteiger partial charge in [0.2, 0.25) is 0 Å². The van der Waals surface area contributed by atoms with E-state index < -0.39 is 11.8 Å². The van der Waals surface area contributed by atoms with Crippen LogP contribution in [0.2, 0.25) is 0 Å². The molecule has 2 saturated carbocycles. The quantitative estimate of drug-likeness (QED) is 0.0368. The van der Waals surface area contributed by atoms with Crippen LogP contribution in [0.25, 0.3) is 0 Å². The predicted molar refractivity (Wildman–Crippen MR) is 163 cm³/mol. The Morgan fingerprint density at radius 2 is 1.78 bits per heavy atom. The average molecular weight is 568 g/mol. The summed E-state index contributed by atoms with van der Waals surface area (Å²) in [5.41, 5.74) is 1.93. The Labute approximate surface area is 247 Å². The lowest BCUT2D eigenvalue weighted by Crippen LogP contribution is -2.54. The van der Waals surface area contributed by atoms with E-state index in [1.165, 1.54) is 31.2 Å². The maximum absolute atomic E-state index is 11.7. The summed E-state index contributed by atoms with van der Waals surface area (Å²) in [6, 6.07) is 10.7. The Balaban J connectivity index is 1.38. The first kappa shape index (κ1) is 32.1. The fraction of sp³-hybridized carbons (Fsp3) is 0.686. The molecule has 0 radical (unpaired) electrons. The molecule has 0 aromatic heterocycles. The number of carbonyl (C=O) groups excluding carboxylic acids is 1. The average Bonchev–Trinajstić information content (AvgIpc) is 3.54. The summed E-state index contributed by atoms with van der Waals surface area (Å²) in [5, 5.41) is 35.4. The van der Waals surface area contributed by atoms with Gasteiger partial charge < -0.3 is 10.2 Å². The van der Waals surface area contributed by atoms with E-state index in [0.29, 0.717) is 30.3 Å². The van der Waals surface area contributed by atoms with E-state index >= 15 is 0 Å². The minimum atomic E-state index is -1.11. The molecule has 3 aliphatic carbocycles. The van der Waals surface area contributed by atoms with E-state index in [2.05, 4.69) is 55.6 Å². The Kier molecular flexibility index (Phi) is 11.0. The maximum atomic E-state index is 11.7. The first-order valence-electron chi connectivity index (χ1n) is 15.9. The molecule has 8 atom stereocenters. The molecule has 0 saturated heterocycles. The largest absolute Gasteiger partial charge is 0.392 e. The number of carbonyl (C=O) groups is 1. The third-order valence-electron chi connectivity index (χ3n) is 10.5. The van der Waals surface area contributed by atoms with Crippen molar-refractivity contribution in [2.24, 2.45) is 35.0 Å². The van der Waals surface area contributed by atoms with Crippen molar-refractivity contribution in [3.63, 3.8) is 0 Å². The first-order chi connectivity index (χ1) is 19.6. The molecular weight excluding hydrogens is 514 g/mol. The zero-order valence-electron chi connectivity index (χ0n) is 25.6. The summed E-state index contributed by atoms with van der Waals surface area (Å²) in [6.07, 6.45) is 14.6. The molecule has 0 spiro atoms. The van der Waals surface area contributed by atoms with Crippen molar-refractivity contribution in [2.75, 3.05) is 6.61 Å². The van der Waals surface area contributed by atoms with Crippen LogP contribution in [-0.2, 0) is 16.1 Å². The van der Waals surface area contributed by atoms with Crippen molar-refractivity contribution >= 4 is 6.29 Å². The summed E-state index contributed by atoms with van der Waals surface area (Å²) >= 11 is 0. The fourth-order valence-corrected chi connectivity index (χ4v) is 8.28. The zero-order valence-corrected chi connectivity index (χ0v) is 25.6. The summed E-state index contributed by atoms with van der Waals surface area (Å²) in [5.74, 6) is 0.877. The fourth-order valence-electron chi connectivity index (χ4n) is 8.28. The van der Waals surface area contributed by atoms with Gasteiger partial charge in [-0.25, -0.2) is 4.89 Å². The lowest BCUT2D eigenvalue weighted by molar-refractivity contribution is -0.290. The van der Waals surface area contributed by atoms with Crippen molar-refractivity contribution in [1.82, 2.24) is 5.32 Å². The highest BCUT2D eigenvalue weighted by atomic mass is 17.1. The van der Waals surface area contributed by atoms with Crippen LogP contribution in [0.3, 0.4) is 0 Å². The van der Waals surface area contributed by atoms with Crippen molar-refractivity contribution < 1.29 is 25.2 Å². The van der Waals surface area contributed by atoms with Crippen molar-refractivity contribution in [2.45, 2.75) is 110 Å². The SMILES string of the molecule is C/C(C=O)=C/C1C2C(NC(CCCCCCCCc3ccccc3)OO)CC3C(C2C=C(CO)CC1(C)O)C3(C)C. The van der Waals surface area contributed by atoms with Gasteiger partial charge in [0.05, 0.1) is 12.2 Å². The van der Waals surface area contributed by atoms with Gasteiger partial charge in [-0.05, 0) is 98.2 Å². The number of aliphatic hydroxyl groups is 2. The molecule has 4 rings (SSSR count). The van der Waals surface area contributed by atoms with Gasteiger partial charge >= 0.3 is 0 Å². The standard InChI is InChI=1S/C35H53NO5/c1-24(22-37)18-28-32-27(19-26(23-38)21-35(28,4)39)33-29(34(33,2)3)20-30(32)36-31(41-40)17-13-8-6-5-7-10-14-25-15-11-9-12-16-25/h9,11-12,15-16,18-19,22,27-33,36,38-40H,5-8,10,13-14,17,20-21,23H2,1-4H3/b24-18-. The third-order valence-corrected chi connectivity index (χ3v) is 10.5. The number of aliphatic hydroxyl groups excluding tert-OH is 1. The molecule has 1 aromatic carbocycles. The summed E-state index contributed by atoms with van der Waals surface area (Å²) < 4.78 is 0. The van der Waals surface area contributed by atoms with E-state index in [-0.39, 0.29) is 35.8 Å². The van der Waals surface area contributed by atoms with Gasteiger partial charge in [0.1, 0.15) is 12.5 Å². The third kappa shape index (κ3) is 7.77. The van der Waals surface area contributed by atoms with Crippen LogP contribution >= 0.6 is 0 Å². The molecule has 8 unspecified atom stereocenters. The second-order valence-electron chi connectivity index (χ2n) is 13.9. The zero-order chi connectivity index (χ0) is 29.6. The minimum absolute atomic E-state index is 0.000341. The Hall–Kier alpha value is -1.83. The molecule has 2 fully saturated rings. The van der Waals surface area contributed by atoms with E-state index in [1.807, 2.05) is 13.0 Å². The van der Waals surface area contributed by atoms with Crippen LogP contribution in [0.1, 0.15) is 91.0 Å². The highest BCUT2D eigenvalue weighted by Gasteiger charge is 2.67. The number of unbranched alkanes of at least 4 members (excludes halogenated alkanes) is 5. The molecular formula is C35H53NO5. The number of benzene rings is 1. The second kappa shape index (κ2) is 14.1. The Bertz CT molecular complexity index is 1050. The first-order valence-corrected chi connectivity index (χ1v) is 15.9. The number of rotatable bonds is 15. The summed E-state index contributed by atoms with van der Waals surface area (Å²) in [4.78, 5) is 16.7. The molecule has 3 aliphatic rings. The number of nitrogens with one attached hydrogen (secondary N) is 1. The molecule has 228 valence electrons. The molecule has 6 heteroatoms. The molecule has 1 aromatic rings. The van der Waals surface area contributed by atoms with Gasteiger partial charge in [0.25, 0.3) is 0 Å². The van der Waals surface area contributed by atoms with Crippen molar-refractivity contribution in [3.05, 3.63) is 59.2 Å². The minimum Gasteiger partial charge on any atom is -0.392 e. The smallest absolute Gasteiger partial charge is 0.145 e. The van der Waals surface area contributed by atoms with E-state index in [1.54, 1.807) is 6.92 Å². The number of fused-ring (bicyclic) bond motifs is 3. The number of aldehydes is 1. The van der Waals surface area contributed by atoms with Gasteiger partial charge in [-0.1, -0.05) is 82.0 Å². The Morgan fingerprint density at radius 1 is 1.10 bits per heavy atom. The van der Waals surface area contributed by atoms with Crippen LogP contribution in [0, 0.1) is 35.0 Å². The van der Waals surface area contributed by atoms with Crippen LogP contribution in [0.5, 0.6) is 0 Å². The molecule has 0 aliphatic heterocycles. The molecule has 0 heterocycles. The van der Waals surface area contributed by atoms with E-state index in [4.69, 9.17) is 4.89 Å². The number of aryl methyl sites for hydroxylation is 1. The van der Waals surface area contributed by atoms with Gasteiger partial charge in [0.15, 0.2) is 0 Å². The van der Waals surface area contributed by atoms with Gasteiger partial charge in [-0.2, -0.15) is 0 Å².